The van der Waals surface area contributed by atoms with Gasteiger partial charge in [-0.1, -0.05) is 14.9 Å². The van der Waals surface area contributed by atoms with Crippen molar-refractivity contribution in [1.29, 1.82) is 0 Å². The van der Waals surface area contributed by atoms with Gasteiger partial charge in [-0.05, 0) is 0 Å². The molecule has 0 aliphatic carbocycles. The average molecular weight is 148 g/mol. The van der Waals surface area contributed by atoms with Gasteiger partial charge in [0, 0.05) is 0 Å². The topological polar surface area (TPSA) is 141 Å². The Kier molecular flexibility index (Phi) is 57.5. The van der Waals surface area contributed by atoms with E-state index in [-0.39, 0.29) is 27.2 Å². The normalized spacial score (nSPS) is 4.40. The second-order valence-corrected chi connectivity index (χ2v) is 0.575. The van der Waals surface area contributed by atoms with E-state index in [0.29, 0.717) is 0 Å². The molecule has 0 saturated carbocycles. The molecule has 0 rings (SSSR count). The molecule has 0 unspecified atom stereocenters. The fourth-order valence-corrected chi connectivity index (χ4v) is 0. The molecule has 6 nitrogen and oxygen atoms in total. The number of hydrogen-bond acceptors (Lipinski definition) is 4. The molecule has 0 aliphatic heterocycles. The van der Waals surface area contributed by atoms with Gasteiger partial charge in [0.15, 0.2) is 0 Å². The monoisotopic (exact) mass is 148 g/mol. The molecule has 0 N–H and O–H groups in total. The van der Waals surface area contributed by atoms with Crippen LogP contribution in [0, 0.1) is 0 Å². The summed E-state index contributed by atoms with van der Waals surface area (Å²) >= 11 is 0. The van der Waals surface area contributed by atoms with Crippen LogP contribution < -0.4 is 22.5 Å². The molecule has 0 aromatic rings. The Morgan fingerprint density at radius 1 is 0.800 bits per heavy atom. The van der Waals surface area contributed by atoms with Crippen LogP contribution in [0.3, 0.4) is 0 Å². The van der Waals surface area contributed by atoms with E-state index in [1.165, 1.54) is 0 Å². The summed E-state index contributed by atoms with van der Waals surface area (Å²) < 4.78 is 0. The lowest BCUT2D eigenvalue weighted by atomic mass is 10.7. The molecule has 0 spiro atoms. The van der Waals surface area contributed by atoms with Gasteiger partial charge < -0.3 is 19.8 Å². The number of rotatable bonds is 0. The highest BCUT2D eigenvalue weighted by atomic mass is 16.4. The van der Waals surface area contributed by atoms with Gasteiger partial charge in [-0.2, -0.15) is 0 Å². The number of carboxylic acid groups (broad SMARTS) is 2. The molecule has 0 atom stereocenters. The summed E-state index contributed by atoms with van der Waals surface area (Å²) in [5.74, 6) is -4.37. The quantitative estimate of drug-likeness (QED) is 0.333. The zero-order chi connectivity index (χ0) is 5.15. The van der Waals surface area contributed by atoms with E-state index in [4.69, 9.17) is 19.8 Å². The van der Waals surface area contributed by atoms with Crippen molar-refractivity contribution in [3.63, 3.8) is 0 Å². The van der Waals surface area contributed by atoms with Gasteiger partial charge in [-0.25, -0.2) is 0 Å². The Bertz CT molecular complexity index is 81.3. The maximum Gasteiger partial charge on any atom is 1.00 e. The van der Waals surface area contributed by atoms with E-state index >= 15 is 0 Å². The number of aliphatic carboxylic acids is 2. The number of carboxylic acids is 2. The van der Waals surface area contributed by atoms with Crippen molar-refractivity contribution in [3.05, 3.63) is 0 Å². The molecule has 0 aromatic carbocycles. The molecule has 58 valence electrons. The summed E-state index contributed by atoms with van der Waals surface area (Å²) in [4.78, 5) is 17.9. The van der Waals surface area contributed by atoms with Crippen molar-refractivity contribution in [1.82, 2.24) is 12.3 Å². The summed E-state index contributed by atoms with van der Waals surface area (Å²) in [6.45, 7) is 0. The maximum absolute atomic E-state index is 8.93. The van der Waals surface area contributed by atoms with E-state index in [0.717, 1.165) is 0 Å². The summed E-state index contributed by atoms with van der Waals surface area (Å²) in [5, 5.41) is 17.9. The van der Waals surface area contributed by atoms with Gasteiger partial charge in [0.25, 0.3) is 0 Å². The van der Waals surface area contributed by atoms with Crippen molar-refractivity contribution in [2.24, 2.45) is 0 Å². The number of carbonyl (C=O) groups excluding carboxylic acids is 2. The molecular weight excluding hydrogens is 140 g/mol. The third-order valence-corrected chi connectivity index (χ3v) is 0.167. The van der Waals surface area contributed by atoms with Crippen molar-refractivity contribution >= 4 is 11.9 Å². The fraction of sp³-hybridized carbons (Fsp3) is 0.500. The predicted octanol–water partition coefficient (Wildman–Crippen LogP) is -3.20. The molecule has 0 bridgehead atoms. The molecule has 0 heterocycles. The van der Waals surface area contributed by atoms with Crippen LogP contribution in [0.4, 0.5) is 0 Å². The van der Waals surface area contributed by atoms with E-state index in [1.54, 1.807) is 0 Å². The molecule has 0 aromatic heterocycles. The number of hydrogen-bond donors (Lipinski definition) is 0. The van der Waals surface area contributed by atoms with Crippen LogP contribution in [0.1, 0.15) is 14.9 Å². The van der Waals surface area contributed by atoms with E-state index in [9.17, 15) is 0 Å². The van der Waals surface area contributed by atoms with Crippen LogP contribution in [0.15, 0.2) is 0 Å². The Hall–Kier alpha value is -1.14. The third-order valence-electron chi connectivity index (χ3n) is 0.167. The van der Waals surface area contributed by atoms with Gasteiger partial charge in [-0.15, -0.1) is 0 Å². The molecule has 6 heteroatoms. The van der Waals surface area contributed by atoms with Gasteiger partial charge in [0.1, 0.15) is 0 Å². The first-order valence-corrected chi connectivity index (χ1v) is 1.07. The molecule has 0 fully saturated rings. The van der Waals surface area contributed by atoms with Crippen LogP contribution in [-0.4, -0.2) is 11.9 Å². The Morgan fingerprint density at radius 3 is 0.900 bits per heavy atom. The van der Waals surface area contributed by atoms with Crippen LogP contribution in [0.2, 0.25) is 0 Å². The first kappa shape index (κ1) is 36.7. The molecule has 0 saturated heterocycles. The first-order valence-electron chi connectivity index (χ1n) is 1.07. The molecular formula is C4H8N2O4. The van der Waals surface area contributed by atoms with Crippen LogP contribution in [0.5, 0.6) is 0 Å². The van der Waals surface area contributed by atoms with E-state index in [1.807, 2.05) is 0 Å². The molecule has 0 amide bonds. The number of nitrogens with zero attached hydrogens (tertiary/aromatic N) is 2. The van der Waals surface area contributed by atoms with Gasteiger partial charge in [0.05, 0.1) is 11.9 Å². The Morgan fingerprint density at radius 2 is 0.900 bits per heavy atom. The standard InChI is InChI=1S/C2H2O4.2CH4.2N/c3-1(4)2(5)6;;;;/h(H,3,4)(H,5,6);2*1H4;;/q;;;2*+1/p-2. The highest BCUT2D eigenvalue weighted by molar-refractivity contribution is 6.25. The smallest absolute Gasteiger partial charge is 0.543 e. The van der Waals surface area contributed by atoms with Crippen LogP contribution in [-0.2, 0) is 9.59 Å². The summed E-state index contributed by atoms with van der Waals surface area (Å²) in [6, 6.07) is 0. The third kappa shape index (κ3) is 28.8. The second-order valence-electron chi connectivity index (χ2n) is 0.575. The van der Waals surface area contributed by atoms with Gasteiger partial charge in [-0.3, -0.25) is 0 Å². The van der Waals surface area contributed by atoms with Crippen LogP contribution >= 0.6 is 0 Å². The van der Waals surface area contributed by atoms with Crippen molar-refractivity contribution in [2.45, 2.75) is 14.9 Å². The van der Waals surface area contributed by atoms with Crippen LogP contribution in [0.25, 0.3) is 0 Å². The Labute approximate surface area is 60.0 Å². The summed E-state index contributed by atoms with van der Waals surface area (Å²) in [6.07, 6.45) is 0. The fourth-order valence-electron chi connectivity index (χ4n) is 0. The van der Waals surface area contributed by atoms with Crippen molar-refractivity contribution in [3.8, 4) is 0 Å². The molecule has 0 aliphatic rings. The second kappa shape index (κ2) is 15.7. The van der Waals surface area contributed by atoms with E-state index < -0.39 is 11.9 Å². The zero-order valence-corrected chi connectivity index (χ0v) is 3.53. The predicted molar refractivity (Wildman–Crippen MR) is 27.7 cm³/mol. The summed E-state index contributed by atoms with van der Waals surface area (Å²) in [7, 11) is 0. The number of carbonyl (C=O) groups is 2. The lowest BCUT2D eigenvalue weighted by molar-refractivity contribution is -0.345. The summed E-state index contributed by atoms with van der Waals surface area (Å²) in [5.41, 5.74) is 0. The van der Waals surface area contributed by atoms with Gasteiger partial charge in [0.2, 0.25) is 0 Å². The maximum atomic E-state index is 8.93. The minimum absolute atomic E-state index is 0. The highest BCUT2D eigenvalue weighted by Gasteiger charge is 1.74. The average Bonchev–Trinajstić information content (AvgIpc) is 1.36. The lowest BCUT2D eigenvalue weighted by Gasteiger charge is -1.97. The van der Waals surface area contributed by atoms with Crippen molar-refractivity contribution < 1.29 is 19.8 Å². The van der Waals surface area contributed by atoms with E-state index in [2.05, 4.69) is 0 Å². The highest BCUT2D eigenvalue weighted by Crippen LogP contribution is 1.41. The lowest BCUT2D eigenvalue weighted by Crippen LogP contribution is -2.42. The zero-order valence-electron chi connectivity index (χ0n) is 3.53. The minimum Gasteiger partial charge on any atom is -0.543 e. The Balaban J connectivity index is -0.0000000208. The van der Waals surface area contributed by atoms with Gasteiger partial charge >= 0.3 is 12.3 Å². The first-order chi connectivity index (χ1) is 2.64. The SMILES string of the molecule is C.C.O=C([O-])C(=O)[O-].[N+].[N+]. The molecule has 10 heavy (non-hydrogen) atoms. The minimum atomic E-state index is -2.19. The molecule has 8 radical (unpaired) electrons. The largest absolute Gasteiger partial charge is 1.00 e. The van der Waals surface area contributed by atoms with Crippen molar-refractivity contribution in [2.75, 3.05) is 0 Å².